The van der Waals surface area contributed by atoms with Gasteiger partial charge in [-0.25, -0.2) is 9.59 Å². The van der Waals surface area contributed by atoms with Gasteiger partial charge in [0.1, 0.15) is 5.75 Å². The van der Waals surface area contributed by atoms with Crippen LogP contribution in [0.15, 0.2) is 18.2 Å². The minimum absolute atomic E-state index is 0.0891. The summed E-state index contributed by atoms with van der Waals surface area (Å²) in [6, 6.07) is 4.82. The SMILES string of the molecule is CCCC(C)Oc1ccc2c(c1)C(=O)OC2=O. The molecule has 0 bridgehead atoms. The lowest BCUT2D eigenvalue weighted by Crippen LogP contribution is -2.11. The first-order valence-electron chi connectivity index (χ1n) is 5.69. The van der Waals surface area contributed by atoms with Crippen LogP contribution in [0.2, 0.25) is 0 Å². The van der Waals surface area contributed by atoms with E-state index < -0.39 is 11.9 Å². The second kappa shape index (κ2) is 4.57. The van der Waals surface area contributed by atoms with Crippen LogP contribution in [0, 0.1) is 0 Å². The van der Waals surface area contributed by atoms with E-state index in [0.717, 1.165) is 12.8 Å². The average Bonchev–Trinajstić information content (AvgIpc) is 2.55. The van der Waals surface area contributed by atoms with Crippen LogP contribution in [0.1, 0.15) is 47.4 Å². The van der Waals surface area contributed by atoms with Crippen molar-refractivity contribution < 1.29 is 19.1 Å². The highest BCUT2D eigenvalue weighted by Crippen LogP contribution is 2.25. The topological polar surface area (TPSA) is 52.6 Å². The van der Waals surface area contributed by atoms with Crippen LogP contribution < -0.4 is 4.74 Å². The van der Waals surface area contributed by atoms with Crippen LogP contribution in [-0.2, 0) is 4.74 Å². The number of hydrogen-bond acceptors (Lipinski definition) is 4. The maximum atomic E-state index is 11.3. The van der Waals surface area contributed by atoms with Crippen LogP contribution in [0.3, 0.4) is 0 Å². The summed E-state index contributed by atoms with van der Waals surface area (Å²) in [4.78, 5) is 22.6. The molecule has 90 valence electrons. The van der Waals surface area contributed by atoms with Crippen molar-refractivity contribution in [3.05, 3.63) is 29.3 Å². The molecule has 1 aliphatic heterocycles. The van der Waals surface area contributed by atoms with Gasteiger partial charge in [0.15, 0.2) is 0 Å². The van der Waals surface area contributed by atoms with Gasteiger partial charge in [0, 0.05) is 0 Å². The van der Waals surface area contributed by atoms with Gasteiger partial charge in [0.25, 0.3) is 0 Å². The molecule has 0 spiro atoms. The van der Waals surface area contributed by atoms with Crippen LogP contribution >= 0.6 is 0 Å². The Morgan fingerprint density at radius 2 is 1.94 bits per heavy atom. The molecule has 1 aromatic carbocycles. The molecule has 1 heterocycles. The average molecular weight is 234 g/mol. The third-order valence-corrected chi connectivity index (χ3v) is 2.65. The Morgan fingerprint density at radius 3 is 2.65 bits per heavy atom. The number of carbonyl (C=O) groups excluding carboxylic acids is 2. The summed E-state index contributed by atoms with van der Waals surface area (Å²) in [6.07, 6.45) is 2.07. The van der Waals surface area contributed by atoms with E-state index in [4.69, 9.17) is 4.74 Å². The van der Waals surface area contributed by atoms with Gasteiger partial charge < -0.3 is 9.47 Å². The third-order valence-electron chi connectivity index (χ3n) is 2.65. The fraction of sp³-hybridized carbons (Fsp3) is 0.385. The Kier molecular flexibility index (Phi) is 3.13. The second-order valence-electron chi connectivity index (χ2n) is 4.10. The molecular formula is C13H14O4. The highest BCUT2D eigenvalue weighted by atomic mass is 16.6. The molecule has 17 heavy (non-hydrogen) atoms. The van der Waals surface area contributed by atoms with Gasteiger partial charge in [0.05, 0.1) is 17.2 Å². The standard InChI is InChI=1S/C13H14O4/c1-3-4-8(2)16-9-5-6-10-11(7-9)13(15)17-12(10)14/h5-8H,3-4H2,1-2H3. The summed E-state index contributed by atoms with van der Waals surface area (Å²) in [7, 11) is 0. The van der Waals surface area contributed by atoms with Gasteiger partial charge in [-0.2, -0.15) is 0 Å². The van der Waals surface area contributed by atoms with E-state index in [0.29, 0.717) is 11.3 Å². The van der Waals surface area contributed by atoms with E-state index in [9.17, 15) is 9.59 Å². The second-order valence-corrected chi connectivity index (χ2v) is 4.10. The van der Waals surface area contributed by atoms with Gasteiger partial charge in [-0.05, 0) is 31.5 Å². The zero-order chi connectivity index (χ0) is 12.4. The van der Waals surface area contributed by atoms with Crippen molar-refractivity contribution in [2.75, 3.05) is 0 Å². The lowest BCUT2D eigenvalue weighted by Gasteiger charge is -2.13. The largest absolute Gasteiger partial charge is 0.491 e. The van der Waals surface area contributed by atoms with E-state index in [1.54, 1.807) is 18.2 Å². The first kappa shape index (κ1) is 11.6. The van der Waals surface area contributed by atoms with Gasteiger partial charge in [-0.15, -0.1) is 0 Å². The minimum atomic E-state index is -0.599. The highest BCUT2D eigenvalue weighted by molar-refractivity contribution is 6.14. The molecule has 0 N–H and O–H groups in total. The Morgan fingerprint density at radius 1 is 1.24 bits per heavy atom. The number of esters is 2. The minimum Gasteiger partial charge on any atom is -0.491 e. The van der Waals surface area contributed by atoms with Gasteiger partial charge in [-0.1, -0.05) is 13.3 Å². The molecule has 0 saturated carbocycles. The maximum Gasteiger partial charge on any atom is 0.347 e. The quantitative estimate of drug-likeness (QED) is 0.593. The van der Waals surface area contributed by atoms with E-state index in [-0.39, 0.29) is 11.7 Å². The van der Waals surface area contributed by atoms with Crippen molar-refractivity contribution in [3.8, 4) is 5.75 Å². The van der Waals surface area contributed by atoms with Crippen molar-refractivity contribution in [1.82, 2.24) is 0 Å². The smallest absolute Gasteiger partial charge is 0.347 e. The van der Waals surface area contributed by atoms with E-state index >= 15 is 0 Å². The normalized spacial score (nSPS) is 15.4. The monoisotopic (exact) mass is 234 g/mol. The Bertz CT molecular complexity index is 464. The van der Waals surface area contributed by atoms with Crippen LogP contribution in [0.4, 0.5) is 0 Å². The Labute approximate surface area is 99.5 Å². The molecule has 0 aromatic heterocycles. The van der Waals surface area contributed by atoms with Crippen LogP contribution in [-0.4, -0.2) is 18.0 Å². The number of benzene rings is 1. The summed E-state index contributed by atoms with van der Waals surface area (Å²) in [5, 5.41) is 0. The number of hydrogen-bond donors (Lipinski definition) is 0. The van der Waals surface area contributed by atoms with Crippen molar-refractivity contribution in [1.29, 1.82) is 0 Å². The van der Waals surface area contributed by atoms with Crippen molar-refractivity contribution in [3.63, 3.8) is 0 Å². The van der Waals surface area contributed by atoms with Crippen LogP contribution in [0.5, 0.6) is 5.75 Å². The summed E-state index contributed by atoms with van der Waals surface area (Å²) in [6.45, 7) is 4.05. The van der Waals surface area contributed by atoms with Gasteiger partial charge in [0.2, 0.25) is 0 Å². The molecule has 1 atom stereocenters. The molecule has 0 aliphatic carbocycles. The first-order chi connectivity index (χ1) is 8.11. The summed E-state index contributed by atoms with van der Waals surface area (Å²) < 4.78 is 10.2. The molecular weight excluding hydrogens is 220 g/mol. The molecule has 4 heteroatoms. The number of ether oxygens (including phenoxy) is 2. The third kappa shape index (κ3) is 2.30. The predicted molar refractivity (Wildman–Crippen MR) is 61.2 cm³/mol. The van der Waals surface area contributed by atoms with Crippen molar-refractivity contribution in [2.24, 2.45) is 0 Å². The van der Waals surface area contributed by atoms with E-state index in [2.05, 4.69) is 11.7 Å². The van der Waals surface area contributed by atoms with E-state index in [1.807, 2.05) is 6.92 Å². The lowest BCUT2D eigenvalue weighted by molar-refractivity contribution is 0.0443. The molecule has 0 radical (unpaired) electrons. The number of rotatable bonds is 4. The summed E-state index contributed by atoms with van der Waals surface area (Å²) >= 11 is 0. The predicted octanol–water partition coefficient (Wildman–Crippen LogP) is 2.56. The molecule has 1 aliphatic rings. The number of carbonyl (C=O) groups is 2. The fourth-order valence-electron chi connectivity index (χ4n) is 1.84. The number of fused-ring (bicyclic) bond motifs is 1. The molecule has 4 nitrogen and oxygen atoms in total. The highest BCUT2D eigenvalue weighted by Gasteiger charge is 2.29. The van der Waals surface area contributed by atoms with E-state index in [1.165, 1.54) is 0 Å². The number of cyclic esters (lactones) is 2. The van der Waals surface area contributed by atoms with Crippen molar-refractivity contribution >= 4 is 11.9 Å². The zero-order valence-electron chi connectivity index (χ0n) is 9.86. The summed E-state index contributed by atoms with van der Waals surface area (Å²) in [5.74, 6) is -0.590. The molecule has 0 saturated heterocycles. The Balaban J connectivity index is 2.20. The molecule has 1 aromatic rings. The molecule has 0 fully saturated rings. The molecule has 1 unspecified atom stereocenters. The lowest BCUT2D eigenvalue weighted by atomic mass is 10.1. The summed E-state index contributed by atoms with van der Waals surface area (Å²) in [5.41, 5.74) is 0.599. The molecule has 2 rings (SSSR count). The molecule has 0 amide bonds. The first-order valence-corrected chi connectivity index (χ1v) is 5.69. The van der Waals surface area contributed by atoms with Gasteiger partial charge in [-0.3, -0.25) is 0 Å². The fourth-order valence-corrected chi connectivity index (χ4v) is 1.84. The zero-order valence-corrected chi connectivity index (χ0v) is 9.86. The maximum absolute atomic E-state index is 11.3. The Hall–Kier alpha value is -1.84. The van der Waals surface area contributed by atoms with Crippen molar-refractivity contribution in [2.45, 2.75) is 32.8 Å². The van der Waals surface area contributed by atoms with Crippen LogP contribution in [0.25, 0.3) is 0 Å². The van der Waals surface area contributed by atoms with Gasteiger partial charge >= 0.3 is 11.9 Å².